The Hall–Kier alpha value is -0.730. The molecule has 64 valence electrons. The van der Waals surface area contributed by atoms with E-state index in [2.05, 4.69) is 0 Å². The molecule has 0 aromatic heterocycles. The maximum atomic E-state index is 6.02. The van der Waals surface area contributed by atoms with Crippen LogP contribution in [0.3, 0.4) is 0 Å². The monoisotopic (exact) mass is 183 g/mol. The highest BCUT2D eigenvalue weighted by atomic mass is 35.5. The van der Waals surface area contributed by atoms with Crippen LogP contribution in [0.1, 0.15) is 17.2 Å². The third kappa shape index (κ3) is 0.993. The molecule has 1 aliphatic heterocycles. The molecular formula is C9H10ClNO. The van der Waals surface area contributed by atoms with Crippen LogP contribution in [0.2, 0.25) is 5.02 Å². The van der Waals surface area contributed by atoms with Gasteiger partial charge in [-0.15, -0.1) is 0 Å². The number of rotatable bonds is 0. The van der Waals surface area contributed by atoms with Crippen LogP contribution in [0.25, 0.3) is 0 Å². The lowest BCUT2D eigenvalue weighted by atomic mass is 10.1. The molecule has 0 unspecified atom stereocenters. The number of fused-ring (bicyclic) bond motifs is 1. The molecule has 1 aliphatic rings. The summed E-state index contributed by atoms with van der Waals surface area (Å²) < 4.78 is 5.37. The lowest BCUT2D eigenvalue weighted by Crippen LogP contribution is -2.10. The van der Waals surface area contributed by atoms with E-state index in [0.717, 1.165) is 16.9 Å². The summed E-state index contributed by atoms with van der Waals surface area (Å²) in [5, 5.41) is 0.695. The molecule has 2 rings (SSSR count). The molecule has 0 aliphatic carbocycles. The van der Waals surface area contributed by atoms with Crippen LogP contribution in [0.4, 0.5) is 0 Å². The number of nitrogens with two attached hydrogens (primary N) is 1. The summed E-state index contributed by atoms with van der Waals surface area (Å²) in [6.07, 6.45) is 0. The van der Waals surface area contributed by atoms with Crippen LogP contribution < -0.4 is 10.5 Å². The summed E-state index contributed by atoms with van der Waals surface area (Å²) in [4.78, 5) is 0. The second-order valence-electron chi connectivity index (χ2n) is 3.03. The zero-order chi connectivity index (χ0) is 8.72. The van der Waals surface area contributed by atoms with Crippen LogP contribution in [0.15, 0.2) is 12.1 Å². The zero-order valence-electron chi connectivity index (χ0n) is 6.80. The molecule has 0 fully saturated rings. The van der Waals surface area contributed by atoms with Crippen molar-refractivity contribution >= 4 is 11.6 Å². The first-order chi connectivity index (χ1) is 5.70. The van der Waals surface area contributed by atoms with Crippen molar-refractivity contribution < 1.29 is 4.74 Å². The van der Waals surface area contributed by atoms with Crippen molar-refractivity contribution in [3.8, 4) is 5.75 Å². The molecule has 1 atom stereocenters. The van der Waals surface area contributed by atoms with Gasteiger partial charge in [0.25, 0.3) is 0 Å². The third-order valence-electron chi connectivity index (χ3n) is 2.13. The van der Waals surface area contributed by atoms with Gasteiger partial charge in [-0.1, -0.05) is 23.7 Å². The standard InChI is InChI=1S/C9H10ClNO/c1-5-2-3-6-7(11)4-12-9(6)8(5)10/h2-3,7H,4,11H2,1H3/t7-/m0/s1. The van der Waals surface area contributed by atoms with Crippen LogP contribution in [-0.2, 0) is 0 Å². The highest BCUT2D eigenvalue weighted by Crippen LogP contribution is 2.38. The van der Waals surface area contributed by atoms with Crippen molar-refractivity contribution in [3.05, 3.63) is 28.3 Å². The van der Waals surface area contributed by atoms with Gasteiger partial charge < -0.3 is 10.5 Å². The molecular weight excluding hydrogens is 174 g/mol. The predicted molar refractivity (Wildman–Crippen MR) is 48.6 cm³/mol. The lowest BCUT2D eigenvalue weighted by Gasteiger charge is -2.04. The van der Waals surface area contributed by atoms with E-state index < -0.39 is 0 Å². The van der Waals surface area contributed by atoms with Crippen molar-refractivity contribution in [1.82, 2.24) is 0 Å². The predicted octanol–water partition coefficient (Wildman–Crippen LogP) is 2.04. The van der Waals surface area contributed by atoms with Crippen molar-refractivity contribution in [2.24, 2.45) is 5.73 Å². The smallest absolute Gasteiger partial charge is 0.143 e. The Morgan fingerprint density at radius 3 is 3.08 bits per heavy atom. The molecule has 1 aromatic carbocycles. The normalized spacial score (nSPS) is 20.4. The Bertz CT molecular complexity index is 325. The first-order valence-electron chi connectivity index (χ1n) is 3.87. The van der Waals surface area contributed by atoms with E-state index in [0.29, 0.717) is 11.6 Å². The molecule has 1 heterocycles. The van der Waals surface area contributed by atoms with Gasteiger partial charge in [-0.25, -0.2) is 0 Å². The molecule has 0 saturated carbocycles. The van der Waals surface area contributed by atoms with Crippen molar-refractivity contribution in [2.45, 2.75) is 13.0 Å². The number of halogens is 1. The number of aryl methyl sites for hydroxylation is 1. The minimum atomic E-state index is -0.0156. The van der Waals surface area contributed by atoms with Gasteiger partial charge in [-0.3, -0.25) is 0 Å². The Labute approximate surface area is 76.3 Å². The molecule has 0 radical (unpaired) electrons. The Morgan fingerprint density at radius 1 is 1.58 bits per heavy atom. The van der Waals surface area contributed by atoms with Gasteiger partial charge in [0.1, 0.15) is 12.4 Å². The summed E-state index contributed by atoms with van der Waals surface area (Å²) in [6.45, 7) is 2.49. The topological polar surface area (TPSA) is 35.2 Å². The van der Waals surface area contributed by atoms with Gasteiger partial charge in [-0.2, -0.15) is 0 Å². The van der Waals surface area contributed by atoms with Crippen LogP contribution in [-0.4, -0.2) is 6.61 Å². The molecule has 3 heteroatoms. The average Bonchev–Trinajstić information content (AvgIpc) is 2.41. The molecule has 1 aromatic rings. The van der Waals surface area contributed by atoms with Gasteiger partial charge in [0, 0.05) is 5.56 Å². The summed E-state index contributed by atoms with van der Waals surface area (Å²) in [5.74, 6) is 0.768. The number of hydrogen-bond acceptors (Lipinski definition) is 2. The largest absolute Gasteiger partial charge is 0.490 e. The second kappa shape index (κ2) is 2.64. The Balaban J connectivity index is 2.60. The Morgan fingerprint density at radius 2 is 2.33 bits per heavy atom. The van der Waals surface area contributed by atoms with Gasteiger partial charge in [-0.05, 0) is 12.5 Å². The minimum Gasteiger partial charge on any atom is -0.490 e. The first-order valence-corrected chi connectivity index (χ1v) is 4.25. The lowest BCUT2D eigenvalue weighted by molar-refractivity contribution is 0.333. The highest BCUT2D eigenvalue weighted by Gasteiger charge is 2.23. The Kier molecular flexibility index (Phi) is 1.74. The van der Waals surface area contributed by atoms with E-state index in [1.54, 1.807) is 0 Å². The maximum absolute atomic E-state index is 6.02. The third-order valence-corrected chi connectivity index (χ3v) is 2.60. The fourth-order valence-electron chi connectivity index (χ4n) is 1.37. The zero-order valence-corrected chi connectivity index (χ0v) is 7.56. The van der Waals surface area contributed by atoms with Crippen LogP contribution >= 0.6 is 11.6 Å². The first kappa shape index (κ1) is 7.90. The van der Waals surface area contributed by atoms with Crippen LogP contribution in [0, 0.1) is 6.92 Å². The van der Waals surface area contributed by atoms with E-state index in [1.807, 2.05) is 19.1 Å². The average molecular weight is 184 g/mol. The van der Waals surface area contributed by atoms with Gasteiger partial charge in [0.15, 0.2) is 0 Å². The maximum Gasteiger partial charge on any atom is 0.143 e. The highest BCUT2D eigenvalue weighted by molar-refractivity contribution is 6.33. The number of benzene rings is 1. The van der Waals surface area contributed by atoms with E-state index in [-0.39, 0.29) is 6.04 Å². The SMILES string of the molecule is Cc1ccc2c(c1Cl)OC[C@@H]2N. The molecule has 0 saturated heterocycles. The second-order valence-corrected chi connectivity index (χ2v) is 3.41. The molecule has 0 bridgehead atoms. The summed E-state index contributed by atoms with van der Waals surface area (Å²) in [5.41, 5.74) is 7.83. The molecule has 0 spiro atoms. The number of hydrogen-bond donors (Lipinski definition) is 1. The van der Waals surface area contributed by atoms with Gasteiger partial charge >= 0.3 is 0 Å². The minimum absolute atomic E-state index is 0.0156. The molecule has 12 heavy (non-hydrogen) atoms. The van der Waals surface area contributed by atoms with E-state index in [4.69, 9.17) is 22.1 Å². The molecule has 0 amide bonds. The molecule has 2 N–H and O–H groups in total. The molecule has 2 nitrogen and oxygen atoms in total. The van der Waals surface area contributed by atoms with Crippen molar-refractivity contribution in [1.29, 1.82) is 0 Å². The van der Waals surface area contributed by atoms with E-state index in [1.165, 1.54) is 0 Å². The van der Waals surface area contributed by atoms with Crippen LogP contribution in [0.5, 0.6) is 5.75 Å². The van der Waals surface area contributed by atoms with E-state index in [9.17, 15) is 0 Å². The summed E-state index contributed by atoms with van der Waals surface area (Å²) in [6, 6.07) is 3.93. The summed E-state index contributed by atoms with van der Waals surface area (Å²) in [7, 11) is 0. The quantitative estimate of drug-likeness (QED) is 0.668. The fraction of sp³-hybridized carbons (Fsp3) is 0.333. The number of ether oxygens (including phenoxy) is 1. The van der Waals surface area contributed by atoms with E-state index >= 15 is 0 Å². The van der Waals surface area contributed by atoms with Gasteiger partial charge in [0.05, 0.1) is 11.1 Å². The fourth-order valence-corrected chi connectivity index (χ4v) is 1.60. The van der Waals surface area contributed by atoms with Crippen molar-refractivity contribution in [2.75, 3.05) is 6.61 Å². The summed E-state index contributed by atoms with van der Waals surface area (Å²) >= 11 is 6.02. The van der Waals surface area contributed by atoms with Gasteiger partial charge in [0.2, 0.25) is 0 Å². The van der Waals surface area contributed by atoms with Crippen molar-refractivity contribution in [3.63, 3.8) is 0 Å².